The third-order valence-corrected chi connectivity index (χ3v) is 6.28. The minimum Gasteiger partial charge on any atom is -0.507 e. The lowest BCUT2D eigenvalue weighted by Crippen LogP contribution is -2.31. The quantitative estimate of drug-likeness (QED) is 0.130. The Labute approximate surface area is 204 Å². The van der Waals surface area contributed by atoms with Gasteiger partial charge in [0.15, 0.2) is 0 Å². The van der Waals surface area contributed by atoms with Gasteiger partial charge in [-0.3, -0.25) is 19.7 Å². The summed E-state index contributed by atoms with van der Waals surface area (Å²) in [6.07, 6.45) is 3.66. The number of likely N-dealkylation sites (tertiary alicyclic amines) is 1. The Morgan fingerprint density at radius 1 is 1.19 bits per heavy atom. The minimum atomic E-state index is -0.987. The Morgan fingerprint density at radius 3 is 2.75 bits per heavy atom. The lowest BCUT2D eigenvalue weighted by Gasteiger charge is -2.23. The van der Waals surface area contributed by atoms with Crippen LogP contribution < -0.4 is 4.74 Å². The predicted octanol–water partition coefficient (Wildman–Crippen LogP) is 4.34. The molecule has 10 heteroatoms. The average molecular weight is 487 g/mol. The van der Waals surface area contributed by atoms with Gasteiger partial charge in [-0.1, -0.05) is 12.1 Å². The number of methoxy groups -OCH3 is 1. The number of aliphatic hydroxyl groups excluding tert-OH is 1. The third kappa shape index (κ3) is 3.88. The number of aromatic nitrogens is 1. The number of rotatable bonds is 7. The van der Waals surface area contributed by atoms with Crippen LogP contribution in [0.1, 0.15) is 22.9 Å². The molecular formula is C26H21N3O7. The molecule has 10 nitrogen and oxygen atoms in total. The number of carbonyl (C=O) groups is 2. The topological polar surface area (TPSA) is 139 Å². The lowest BCUT2D eigenvalue weighted by molar-refractivity contribution is -0.384. The van der Waals surface area contributed by atoms with Gasteiger partial charge in [0.05, 0.1) is 23.9 Å². The van der Waals surface area contributed by atoms with Crippen LogP contribution in [0.5, 0.6) is 5.75 Å². The first-order valence-corrected chi connectivity index (χ1v) is 11.1. The van der Waals surface area contributed by atoms with E-state index in [1.165, 1.54) is 29.4 Å². The Hall–Kier alpha value is -4.86. The molecule has 0 aliphatic carbocycles. The van der Waals surface area contributed by atoms with Crippen molar-refractivity contribution < 1.29 is 28.8 Å². The van der Waals surface area contributed by atoms with Crippen LogP contribution in [0.25, 0.3) is 16.7 Å². The lowest BCUT2D eigenvalue weighted by atomic mass is 9.99. The fourth-order valence-electron chi connectivity index (χ4n) is 4.51. The molecule has 0 saturated carbocycles. The molecule has 1 fully saturated rings. The summed E-state index contributed by atoms with van der Waals surface area (Å²) in [6.45, 7) is 0.159. The van der Waals surface area contributed by atoms with E-state index in [4.69, 9.17) is 9.15 Å². The average Bonchev–Trinajstić information content (AvgIpc) is 3.61. The molecular weight excluding hydrogens is 466 g/mol. The zero-order valence-electron chi connectivity index (χ0n) is 19.1. The van der Waals surface area contributed by atoms with E-state index >= 15 is 0 Å². The molecule has 1 saturated heterocycles. The normalized spacial score (nSPS) is 17.1. The van der Waals surface area contributed by atoms with Crippen LogP contribution in [0.3, 0.4) is 0 Å². The summed E-state index contributed by atoms with van der Waals surface area (Å²) in [5, 5.41) is 23.2. The van der Waals surface area contributed by atoms with Crippen LogP contribution in [-0.4, -0.2) is 45.3 Å². The van der Waals surface area contributed by atoms with Crippen molar-refractivity contribution >= 4 is 34.0 Å². The van der Waals surface area contributed by atoms with Crippen molar-refractivity contribution in [2.45, 2.75) is 12.5 Å². The number of hydrogen-bond donors (Lipinski definition) is 2. The summed E-state index contributed by atoms with van der Waals surface area (Å²) in [5.74, 6) is -1.20. The van der Waals surface area contributed by atoms with Gasteiger partial charge in [-0.15, -0.1) is 0 Å². The van der Waals surface area contributed by atoms with Crippen molar-refractivity contribution in [3.8, 4) is 5.75 Å². The third-order valence-electron chi connectivity index (χ3n) is 6.28. The molecule has 3 heterocycles. The minimum absolute atomic E-state index is 0.0579. The molecule has 5 rings (SSSR count). The van der Waals surface area contributed by atoms with Crippen molar-refractivity contribution in [2.24, 2.45) is 0 Å². The number of fused-ring (bicyclic) bond motifs is 1. The highest BCUT2D eigenvalue weighted by atomic mass is 16.6. The van der Waals surface area contributed by atoms with Gasteiger partial charge >= 0.3 is 0 Å². The molecule has 1 amide bonds. The maximum atomic E-state index is 13.1. The van der Waals surface area contributed by atoms with Crippen LogP contribution in [0.4, 0.5) is 5.69 Å². The van der Waals surface area contributed by atoms with E-state index < -0.39 is 28.4 Å². The van der Waals surface area contributed by atoms with Gasteiger partial charge in [0.1, 0.15) is 23.3 Å². The fourth-order valence-corrected chi connectivity index (χ4v) is 4.51. The van der Waals surface area contributed by atoms with Crippen molar-refractivity contribution in [2.75, 3.05) is 13.7 Å². The molecule has 0 bridgehead atoms. The highest BCUT2D eigenvalue weighted by molar-refractivity contribution is 6.46. The molecule has 1 atom stereocenters. The van der Waals surface area contributed by atoms with Crippen LogP contribution in [0, 0.1) is 10.1 Å². The molecule has 2 N–H and O–H groups in total. The number of amides is 1. The number of Topliss-reactive ketones (excluding diaryl/α,β-unsaturated/α-hetero) is 1. The monoisotopic (exact) mass is 487 g/mol. The number of ketones is 1. The van der Waals surface area contributed by atoms with Crippen LogP contribution in [0.2, 0.25) is 0 Å². The van der Waals surface area contributed by atoms with Gasteiger partial charge in [-0.05, 0) is 42.3 Å². The number of ether oxygens (including phenoxy) is 1. The van der Waals surface area contributed by atoms with Crippen LogP contribution in [0.15, 0.2) is 77.0 Å². The van der Waals surface area contributed by atoms with E-state index in [1.54, 1.807) is 19.2 Å². The summed E-state index contributed by atoms with van der Waals surface area (Å²) >= 11 is 0. The van der Waals surface area contributed by atoms with Crippen LogP contribution in [-0.2, 0) is 16.0 Å². The molecule has 0 spiro atoms. The SMILES string of the molecule is COc1ccc2[nH]cc(CCN3C(=O)C(=O)C(=C(O)c4cccc([N+](=O)[O-])c4)[C@@H]3c3ccco3)c2c1. The fraction of sp³-hybridized carbons (Fsp3) is 0.154. The molecule has 1 aliphatic heterocycles. The summed E-state index contributed by atoms with van der Waals surface area (Å²) in [7, 11) is 1.58. The standard InChI is InChI=1S/C26H21N3O7/c1-35-18-7-8-20-19(13-18)16(14-27-20)9-10-28-23(21-6-3-11-36-21)22(25(31)26(28)32)24(30)15-4-2-5-17(12-15)29(33)34/h2-8,11-14,23,27,30H,9-10H2,1H3/t23-/m0/s1. The van der Waals surface area contributed by atoms with E-state index in [2.05, 4.69) is 4.98 Å². The number of nitrogens with zero attached hydrogens (tertiary/aromatic N) is 2. The number of aromatic amines is 1. The second kappa shape index (κ2) is 9.06. The smallest absolute Gasteiger partial charge is 0.295 e. The Balaban J connectivity index is 1.53. The van der Waals surface area contributed by atoms with E-state index in [0.717, 1.165) is 22.5 Å². The molecule has 4 aromatic rings. The molecule has 0 radical (unpaired) electrons. The first-order chi connectivity index (χ1) is 17.4. The zero-order chi connectivity index (χ0) is 25.4. The van der Waals surface area contributed by atoms with E-state index in [-0.39, 0.29) is 23.4 Å². The number of H-pyrrole nitrogens is 1. The molecule has 182 valence electrons. The van der Waals surface area contributed by atoms with Crippen molar-refractivity contribution in [1.29, 1.82) is 0 Å². The molecule has 2 aromatic carbocycles. The number of aliphatic hydroxyl groups is 1. The van der Waals surface area contributed by atoms with E-state index in [1.807, 2.05) is 24.4 Å². The number of carbonyl (C=O) groups excluding carboxylic acids is 2. The largest absolute Gasteiger partial charge is 0.507 e. The number of nitrogens with one attached hydrogen (secondary N) is 1. The molecule has 0 unspecified atom stereocenters. The maximum Gasteiger partial charge on any atom is 0.295 e. The number of nitro groups is 1. The Morgan fingerprint density at radius 2 is 2.03 bits per heavy atom. The molecule has 1 aliphatic rings. The highest BCUT2D eigenvalue weighted by Gasteiger charge is 2.47. The van der Waals surface area contributed by atoms with E-state index in [0.29, 0.717) is 17.9 Å². The van der Waals surface area contributed by atoms with Crippen molar-refractivity contribution in [1.82, 2.24) is 9.88 Å². The van der Waals surface area contributed by atoms with Gasteiger partial charge in [0, 0.05) is 41.3 Å². The Kier molecular flexibility index (Phi) is 5.77. The zero-order valence-corrected chi connectivity index (χ0v) is 19.1. The predicted molar refractivity (Wildman–Crippen MR) is 129 cm³/mol. The summed E-state index contributed by atoms with van der Waals surface area (Å²) < 4.78 is 10.9. The summed E-state index contributed by atoms with van der Waals surface area (Å²) in [6, 6.07) is 13.1. The second-order valence-electron chi connectivity index (χ2n) is 8.29. The molecule has 36 heavy (non-hydrogen) atoms. The number of furan rings is 1. The summed E-state index contributed by atoms with van der Waals surface area (Å²) in [5.41, 5.74) is 1.44. The Bertz CT molecular complexity index is 1520. The number of nitro benzene ring substituents is 1. The maximum absolute atomic E-state index is 13.1. The van der Waals surface area contributed by atoms with Gasteiger partial charge < -0.3 is 24.1 Å². The summed E-state index contributed by atoms with van der Waals surface area (Å²) in [4.78, 5) is 41.4. The van der Waals surface area contributed by atoms with Gasteiger partial charge in [-0.25, -0.2) is 0 Å². The number of non-ortho nitro benzene ring substituents is 1. The first-order valence-electron chi connectivity index (χ1n) is 11.1. The van der Waals surface area contributed by atoms with Crippen molar-refractivity contribution in [3.63, 3.8) is 0 Å². The highest BCUT2D eigenvalue weighted by Crippen LogP contribution is 2.40. The van der Waals surface area contributed by atoms with Gasteiger partial charge in [-0.2, -0.15) is 0 Å². The van der Waals surface area contributed by atoms with Gasteiger partial charge in [0.2, 0.25) is 0 Å². The van der Waals surface area contributed by atoms with Gasteiger partial charge in [0.25, 0.3) is 17.4 Å². The number of hydrogen-bond acceptors (Lipinski definition) is 7. The second-order valence-corrected chi connectivity index (χ2v) is 8.29. The van der Waals surface area contributed by atoms with Crippen LogP contribution >= 0.6 is 0 Å². The first kappa shape index (κ1) is 22.9. The molecule has 2 aromatic heterocycles. The number of benzene rings is 2. The van der Waals surface area contributed by atoms with E-state index in [9.17, 15) is 24.8 Å². The van der Waals surface area contributed by atoms with Crippen molar-refractivity contribution in [3.05, 3.63) is 99.6 Å².